The average molecular weight is 322 g/mol. The van der Waals surface area contributed by atoms with E-state index in [1.54, 1.807) is 6.92 Å². The molecule has 4 amide bonds. The number of hydrogen-bond donors (Lipinski definition) is 3. The van der Waals surface area contributed by atoms with Crippen molar-refractivity contribution in [1.82, 2.24) is 15.5 Å². The minimum Gasteiger partial charge on any atom is -0.359 e. The van der Waals surface area contributed by atoms with Crippen molar-refractivity contribution < 1.29 is 18.8 Å². The second-order valence-corrected chi connectivity index (χ2v) is 5.27. The van der Waals surface area contributed by atoms with Gasteiger partial charge in [0.1, 0.15) is 11.9 Å². The molecule has 0 bridgehead atoms. The summed E-state index contributed by atoms with van der Waals surface area (Å²) >= 11 is 0. The van der Waals surface area contributed by atoms with Crippen LogP contribution in [0.15, 0.2) is 18.2 Å². The second kappa shape index (κ2) is 7.08. The molecule has 7 nitrogen and oxygen atoms in total. The molecule has 0 aromatic heterocycles. The number of aryl methyl sites for hydroxylation is 1. The number of amides is 4. The van der Waals surface area contributed by atoms with Gasteiger partial charge in [0.05, 0.1) is 6.42 Å². The number of anilines is 1. The lowest BCUT2D eigenvalue weighted by Gasteiger charge is -2.34. The van der Waals surface area contributed by atoms with Gasteiger partial charge in [0, 0.05) is 25.8 Å². The van der Waals surface area contributed by atoms with E-state index in [9.17, 15) is 18.8 Å². The summed E-state index contributed by atoms with van der Waals surface area (Å²) in [6.45, 7) is 2.20. The molecule has 2 rings (SSSR count). The number of urea groups is 1. The molecule has 1 aliphatic heterocycles. The standard InChI is InChI=1S/C15H19FN4O3/c1-9-7-10(3-4-11(9)16)19-15(23)20-6-5-18-14(22)12(20)8-13(21)17-2/h3-4,7,12H,5-6,8H2,1-2H3,(H,17,21)(H,18,22)(H,19,23)/t12-/m0/s1. The van der Waals surface area contributed by atoms with Crippen LogP contribution in [0.3, 0.4) is 0 Å². The van der Waals surface area contributed by atoms with Gasteiger partial charge in [-0.05, 0) is 30.7 Å². The highest BCUT2D eigenvalue weighted by molar-refractivity contribution is 5.96. The molecule has 23 heavy (non-hydrogen) atoms. The van der Waals surface area contributed by atoms with Crippen LogP contribution in [0.2, 0.25) is 0 Å². The molecule has 124 valence electrons. The molecule has 8 heteroatoms. The Morgan fingerprint density at radius 1 is 1.43 bits per heavy atom. The number of nitrogens with zero attached hydrogens (tertiary/aromatic N) is 1. The number of halogens is 1. The predicted octanol–water partition coefficient (Wildman–Crippen LogP) is 0.603. The fourth-order valence-corrected chi connectivity index (χ4v) is 2.36. The Bertz CT molecular complexity index is 635. The van der Waals surface area contributed by atoms with E-state index in [0.717, 1.165) is 0 Å². The van der Waals surface area contributed by atoms with Crippen LogP contribution in [0.25, 0.3) is 0 Å². The summed E-state index contributed by atoms with van der Waals surface area (Å²) in [6, 6.07) is 2.84. The topological polar surface area (TPSA) is 90.5 Å². The molecule has 1 heterocycles. The summed E-state index contributed by atoms with van der Waals surface area (Å²) in [7, 11) is 1.47. The van der Waals surface area contributed by atoms with Crippen molar-refractivity contribution >= 4 is 23.5 Å². The fraction of sp³-hybridized carbons (Fsp3) is 0.400. The number of benzene rings is 1. The highest BCUT2D eigenvalue weighted by Crippen LogP contribution is 2.16. The van der Waals surface area contributed by atoms with Crippen LogP contribution in [0.1, 0.15) is 12.0 Å². The zero-order chi connectivity index (χ0) is 17.0. The Balaban J connectivity index is 2.12. The van der Waals surface area contributed by atoms with Crippen LogP contribution in [0, 0.1) is 12.7 Å². The number of carbonyl (C=O) groups excluding carboxylic acids is 3. The molecule has 1 fully saturated rings. The van der Waals surface area contributed by atoms with Gasteiger partial charge in [-0.15, -0.1) is 0 Å². The van der Waals surface area contributed by atoms with Gasteiger partial charge in [0.15, 0.2) is 0 Å². The van der Waals surface area contributed by atoms with Crippen LogP contribution in [-0.4, -0.2) is 48.9 Å². The minimum atomic E-state index is -0.870. The first-order valence-corrected chi connectivity index (χ1v) is 7.24. The molecule has 1 aromatic carbocycles. The first-order chi connectivity index (χ1) is 10.9. The Kier molecular flexibility index (Phi) is 5.15. The van der Waals surface area contributed by atoms with Crippen LogP contribution in [-0.2, 0) is 9.59 Å². The van der Waals surface area contributed by atoms with Crippen molar-refractivity contribution in [2.45, 2.75) is 19.4 Å². The maximum Gasteiger partial charge on any atom is 0.322 e. The molecular formula is C15H19FN4O3. The number of piperazine rings is 1. The third-order valence-corrected chi connectivity index (χ3v) is 3.66. The van der Waals surface area contributed by atoms with E-state index in [-0.39, 0.29) is 24.1 Å². The van der Waals surface area contributed by atoms with Crippen LogP contribution in [0.5, 0.6) is 0 Å². The lowest BCUT2D eigenvalue weighted by Crippen LogP contribution is -2.59. The summed E-state index contributed by atoms with van der Waals surface area (Å²) < 4.78 is 13.3. The minimum absolute atomic E-state index is 0.113. The summed E-state index contributed by atoms with van der Waals surface area (Å²) in [5, 5.41) is 7.70. The number of hydrogen-bond acceptors (Lipinski definition) is 3. The second-order valence-electron chi connectivity index (χ2n) is 5.27. The van der Waals surface area contributed by atoms with Gasteiger partial charge in [0.2, 0.25) is 11.8 Å². The van der Waals surface area contributed by atoms with Gasteiger partial charge in [-0.3, -0.25) is 9.59 Å². The van der Waals surface area contributed by atoms with E-state index in [0.29, 0.717) is 24.3 Å². The summed E-state index contributed by atoms with van der Waals surface area (Å²) in [4.78, 5) is 37.2. The monoisotopic (exact) mass is 322 g/mol. The fourth-order valence-electron chi connectivity index (χ4n) is 2.36. The molecule has 0 unspecified atom stereocenters. The van der Waals surface area contributed by atoms with Crippen molar-refractivity contribution in [2.24, 2.45) is 0 Å². The van der Waals surface area contributed by atoms with Crippen molar-refractivity contribution in [1.29, 1.82) is 0 Å². The zero-order valence-corrected chi connectivity index (χ0v) is 13.0. The molecule has 1 aromatic rings. The summed E-state index contributed by atoms with van der Waals surface area (Å²) in [6.07, 6.45) is -0.113. The lowest BCUT2D eigenvalue weighted by atomic mass is 10.1. The average Bonchev–Trinajstić information content (AvgIpc) is 2.52. The van der Waals surface area contributed by atoms with Crippen molar-refractivity contribution in [3.63, 3.8) is 0 Å². The van der Waals surface area contributed by atoms with E-state index >= 15 is 0 Å². The van der Waals surface area contributed by atoms with Gasteiger partial charge in [-0.1, -0.05) is 0 Å². The van der Waals surface area contributed by atoms with Crippen molar-refractivity contribution in [3.05, 3.63) is 29.6 Å². The molecule has 0 aliphatic carbocycles. The SMILES string of the molecule is CNC(=O)C[C@H]1C(=O)NCCN1C(=O)Nc1ccc(F)c(C)c1. The van der Waals surface area contributed by atoms with E-state index < -0.39 is 12.1 Å². The van der Waals surface area contributed by atoms with Crippen molar-refractivity contribution in [3.8, 4) is 0 Å². The third kappa shape index (κ3) is 3.97. The Labute approximate surface area is 133 Å². The Morgan fingerprint density at radius 2 is 2.17 bits per heavy atom. The van der Waals surface area contributed by atoms with Gasteiger partial charge < -0.3 is 20.9 Å². The third-order valence-electron chi connectivity index (χ3n) is 3.66. The molecule has 0 spiro atoms. The maximum atomic E-state index is 13.3. The molecule has 1 saturated heterocycles. The summed E-state index contributed by atoms with van der Waals surface area (Å²) in [5.41, 5.74) is 0.833. The Hall–Kier alpha value is -2.64. The summed E-state index contributed by atoms with van der Waals surface area (Å²) in [5.74, 6) is -1.06. The largest absolute Gasteiger partial charge is 0.359 e. The first-order valence-electron chi connectivity index (χ1n) is 7.24. The Morgan fingerprint density at radius 3 is 2.83 bits per heavy atom. The normalized spacial score (nSPS) is 17.4. The predicted molar refractivity (Wildman–Crippen MR) is 82.3 cm³/mol. The van der Waals surface area contributed by atoms with E-state index in [1.807, 2.05) is 0 Å². The van der Waals surface area contributed by atoms with E-state index in [1.165, 1.54) is 30.1 Å². The highest BCUT2D eigenvalue weighted by atomic mass is 19.1. The molecule has 1 aliphatic rings. The molecule has 3 N–H and O–H groups in total. The number of rotatable bonds is 3. The molecule has 0 saturated carbocycles. The number of carbonyl (C=O) groups is 3. The highest BCUT2D eigenvalue weighted by Gasteiger charge is 2.34. The van der Waals surface area contributed by atoms with E-state index in [4.69, 9.17) is 0 Å². The van der Waals surface area contributed by atoms with Crippen molar-refractivity contribution in [2.75, 3.05) is 25.5 Å². The van der Waals surface area contributed by atoms with Gasteiger partial charge in [0.25, 0.3) is 0 Å². The van der Waals surface area contributed by atoms with Gasteiger partial charge in [-0.25, -0.2) is 9.18 Å². The van der Waals surface area contributed by atoms with Crippen LogP contribution < -0.4 is 16.0 Å². The van der Waals surface area contributed by atoms with Gasteiger partial charge in [-0.2, -0.15) is 0 Å². The molecule has 1 atom stereocenters. The number of nitrogens with one attached hydrogen (secondary N) is 3. The van der Waals surface area contributed by atoms with Crippen LogP contribution in [0.4, 0.5) is 14.9 Å². The first kappa shape index (κ1) is 16.7. The van der Waals surface area contributed by atoms with Gasteiger partial charge >= 0.3 is 6.03 Å². The van der Waals surface area contributed by atoms with E-state index in [2.05, 4.69) is 16.0 Å². The quantitative estimate of drug-likeness (QED) is 0.761. The smallest absolute Gasteiger partial charge is 0.322 e. The molecule has 0 radical (unpaired) electrons. The molecular weight excluding hydrogens is 303 g/mol. The maximum absolute atomic E-state index is 13.3. The van der Waals surface area contributed by atoms with Crippen LogP contribution >= 0.6 is 0 Å². The zero-order valence-electron chi connectivity index (χ0n) is 13.0. The lowest BCUT2D eigenvalue weighted by molar-refractivity contribution is -0.132.